The van der Waals surface area contributed by atoms with Gasteiger partial charge in [0.25, 0.3) is 0 Å². The molecule has 2 aromatic rings. The normalized spacial score (nSPS) is 24.2. The first kappa shape index (κ1) is 24.1. The van der Waals surface area contributed by atoms with Crippen LogP contribution in [-0.2, 0) is 0 Å². The van der Waals surface area contributed by atoms with Gasteiger partial charge in [0.1, 0.15) is 8.07 Å². The molecule has 2 aliphatic heterocycles. The van der Waals surface area contributed by atoms with Crippen LogP contribution in [-0.4, -0.2) is 18.6 Å². The Bertz CT molecular complexity index is 1370. The van der Waals surface area contributed by atoms with Crippen LogP contribution in [0.2, 0.25) is 13.1 Å². The van der Waals surface area contributed by atoms with Crippen molar-refractivity contribution in [3.63, 3.8) is 0 Å². The van der Waals surface area contributed by atoms with Crippen LogP contribution >= 0.6 is 46.2 Å². The summed E-state index contributed by atoms with van der Waals surface area (Å²) in [6.07, 6.45) is 5.03. The number of hydrogen-bond donors (Lipinski definition) is 0. The van der Waals surface area contributed by atoms with Gasteiger partial charge in [-0.15, -0.1) is 46.2 Å². The van der Waals surface area contributed by atoms with Gasteiger partial charge >= 0.3 is 0 Å². The standard InChI is InChI=1S/C30H32S4Si/c1-15-13-21-25(23-11-9-17(3)31-23)19(5)33-27(21)29(15)35(7,8)30-16(2)14-22-26(20(6)34-28(22)30)24-12-10-18(4)32-24/h9-14,19-20H,1-8H3. The first-order valence-electron chi connectivity index (χ1n) is 12.4. The predicted molar refractivity (Wildman–Crippen MR) is 165 cm³/mol. The van der Waals surface area contributed by atoms with E-state index >= 15 is 0 Å². The van der Waals surface area contributed by atoms with Crippen molar-refractivity contribution in [3.8, 4) is 0 Å². The molecule has 0 nitrogen and oxygen atoms in total. The highest BCUT2D eigenvalue weighted by Crippen LogP contribution is 2.59. The minimum absolute atomic E-state index is 0.519. The molecule has 180 valence electrons. The van der Waals surface area contributed by atoms with E-state index in [1.54, 1.807) is 31.3 Å². The third-order valence-electron chi connectivity index (χ3n) is 7.70. The quantitative estimate of drug-likeness (QED) is 0.349. The molecule has 0 fully saturated rings. The average molecular weight is 549 g/mol. The van der Waals surface area contributed by atoms with Crippen molar-refractivity contribution in [1.29, 1.82) is 0 Å². The van der Waals surface area contributed by atoms with Crippen LogP contribution in [0.5, 0.6) is 0 Å². The zero-order valence-electron chi connectivity index (χ0n) is 21.8. The van der Waals surface area contributed by atoms with Gasteiger partial charge in [0.05, 0.1) is 0 Å². The third-order valence-corrected chi connectivity index (χ3v) is 16.4. The average Bonchev–Trinajstić information content (AvgIpc) is 3.57. The van der Waals surface area contributed by atoms with Crippen LogP contribution in [0.4, 0.5) is 0 Å². The van der Waals surface area contributed by atoms with E-state index in [0.29, 0.717) is 10.5 Å². The largest absolute Gasteiger partial charge is 0.141 e. The van der Waals surface area contributed by atoms with Crippen molar-refractivity contribution in [2.75, 3.05) is 0 Å². The zero-order chi connectivity index (χ0) is 24.8. The monoisotopic (exact) mass is 548 g/mol. The van der Waals surface area contributed by atoms with E-state index in [2.05, 4.69) is 115 Å². The molecule has 0 saturated carbocycles. The van der Waals surface area contributed by atoms with Gasteiger partial charge in [0.15, 0.2) is 0 Å². The van der Waals surface area contributed by atoms with Crippen LogP contribution in [0.15, 0.2) is 78.9 Å². The molecule has 0 spiro atoms. The van der Waals surface area contributed by atoms with Crippen LogP contribution in [0.25, 0.3) is 11.1 Å². The maximum absolute atomic E-state index is 2.61. The summed E-state index contributed by atoms with van der Waals surface area (Å²) in [5.41, 5.74) is 9.14. The lowest BCUT2D eigenvalue weighted by Crippen LogP contribution is -2.34. The van der Waals surface area contributed by atoms with E-state index in [0.717, 1.165) is 0 Å². The molecular weight excluding hydrogens is 517 g/mol. The fourth-order valence-corrected chi connectivity index (χ4v) is 16.8. The van der Waals surface area contributed by atoms with E-state index in [1.807, 2.05) is 22.7 Å². The molecule has 2 aromatic heterocycles. The molecule has 5 heteroatoms. The Labute approximate surface area is 227 Å². The molecule has 0 bridgehead atoms. The maximum Gasteiger partial charge on any atom is 0.115 e. The van der Waals surface area contributed by atoms with Gasteiger partial charge in [-0.25, -0.2) is 0 Å². The first-order chi connectivity index (χ1) is 16.6. The van der Waals surface area contributed by atoms with Crippen molar-refractivity contribution in [1.82, 2.24) is 0 Å². The van der Waals surface area contributed by atoms with E-state index in [4.69, 9.17) is 0 Å². The van der Waals surface area contributed by atoms with Crippen molar-refractivity contribution in [2.24, 2.45) is 0 Å². The Balaban J connectivity index is 1.51. The Morgan fingerprint density at radius 2 is 1.03 bits per heavy atom. The van der Waals surface area contributed by atoms with Gasteiger partial charge in [0.2, 0.25) is 0 Å². The molecule has 4 aliphatic rings. The second-order valence-corrected chi connectivity index (χ2v) is 20.2. The van der Waals surface area contributed by atoms with Gasteiger partial charge in [-0.3, -0.25) is 0 Å². The van der Waals surface area contributed by atoms with Gasteiger partial charge in [-0.05, 0) is 110 Å². The summed E-state index contributed by atoms with van der Waals surface area (Å²) in [5, 5.41) is 4.39. The lowest BCUT2D eigenvalue weighted by atomic mass is 10.1. The molecule has 0 radical (unpaired) electrons. The second-order valence-electron chi connectivity index (χ2n) is 10.7. The number of thiophene rings is 2. The topological polar surface area (TPSA) is 0 Å². The number of aryl methyl sites for hydroxylation is 2. The van der Waals surface area contributed by atoms with Crippen molar-refractivity contribution in [3.05, 3.63) is 98.4 Å². The summed E-state index contributed by atoms with van der Waals surface area (Å²) in [7, 11) is -1.93. The van der Waals surface area contributed by atoms with Crippen LogP contribution in [0.1, 0.15) is 47.2 Å². The van der Waals surface area contributed by atoms with Gasteiger partial charge in [0, 0.05) is 39.8 Å². The lowest BCUT2D eigenvalue weighted by Gasteiger charge is -2.30. The second kappa shape index (κ2) is 8.39. The minimum atomic E-state index is -1.93. The van der Waals surface area contributed by atoms with Gasteiger partial charge in [-0.2, -0.15) is 0 Å². The molecule has 0 saturated heterocycles. The van der Waals surface area contributed by atoms with Crippen molar-refractivity contribution >= 4 is 65.4 Å². The lowest BCUT2D eigenvalue weighted by molar-refractivity contribution is 1.28. The Hall–Kier alpha value is -1.24. The number of thioether (sulfide) groups is 2. The molecular formula is C30H32S4Si. The summed E-state index contributed by atoms with van der Waals surface area (Å²) >= 11 is 8.11. The third kappa shape index (κ3) is 3.60. The van der Waals surface area contributed by atoms with Gasteiger partial charge in [-0.1, -0.05) is 25.2 Å². The Kier molecular flexibility index (Phi) is 5.78. The molecule has 0 aromatic carbocycles. The van der Waals surface area contributed by atoms with E-state index < -0.39 is 8.07 Å². The van der Waals surface area contributed by atoms with Gasteiger partial charge < -0.3 is 0 Å². The van der Waals surface area contributed by atoms with Crippen LogP contribution in [0.3, 0.4) is 0 Å². The van der Waals surface area contributed by atoms with E-state index in [-0.39, 0.29) is 0 Å². The van der Waals surface area contributed by atoms with Crippen LogP contribution < -0.4 is 0 Å². The van der Waals surface area contributed by atoms with E-state index in [9.17, 15) is 0 Å². The predicted octanol–water partition coefficient (Wildman–Crippen LogP) is 10.1. The highest BCUT2D eigenvalue weighted by Gasteiger charge is 2.46. The number of allylic oxidation sites excluding steroid dienone is 8. The Morgan fingerprint density at radius 1 is 0.629 bits per heavy atom. The van der Waals surface area contributed by atoms with Crippen molar-refractivity contribution < 1.29 is 0 Å². The fraction of sp³-hybridized carbons (Fsp3) is 0.333. The molecule has 2 atom stereocenters. The fourth-order valence-electron chi connectivity index (χ4n) is 6.39. The molecule has 0 amide bonds. The summed E-state index contributed by atoms with van der Waals surface area (Å²) < 4.78 is 0. The highest BCUT2D eigenvalue weighted by atomic mass is 32.2. The summed E-state index contributed by atoms with van der Waals surface area (Å²) in [6.45, 7) is 19.2. The molecule has 35 heavy (non-hydrogen) atoms. The molecule has 2 aliphatic carbocycles. The smallest absolute Gasteiger partial charge is 0.115 e. The van der Waals surface area contributed by atoms with Crippen molar-refractivity contribution in [2.45, 2.75) is 65.1 Å². The first-order valence-corrected chi connectivity index (χ1v) is 18.8. The SMILES string of the molecule is CC1=CC2=C(c3ccc(C)s3)C(C)SC2=C1[Si](C)(C)C1=C2SC(C)C(c3ccc(C)s3)=C2C=C1C. The molecule has 2 unspecified atom stereocenters. The number of fused-ring (bicyclic) bond motifs is 2. The summed E-state index contributed by atoms with van der Waals surface area (Å²) in [6, 6.07) is 9.22. The molecule has 0 N–H and O–H groups in total. The van der Waals surface area contributed by atoms with E-state index in [1.165, 1.54) is 41.8 Å². The van der Waals surface area contributed by atoms with Crippen LogP contribution in [0, 0.1) is 13.8 Å². The summed E-state index contributed by atoms with van der Waals surface area (Å²) in [4.78, 5) is 8.87. The number of rotatable bonds is 4. The Morgan fingerprint density at radius 3 is 1.37 bits per heavy atom. The molecule has 6 rings (SSSR count). The minimum Gasteiger partial charge on any atom is -0.141 e. The molecule has 4 heterocycles. The maximum atomic E-state index is 2.61. The number of hydrogen-bond acceptors (Lipinski definition) is 4. The summed E-state index contributed by atoms with van der Waals surface area (Å²) in [5.74, 6) is 0. The zero-order valence-corrected chi connectivity index (χ0v) is 26.0. The highest BCUT2D eigenvalue weighted by molar-refractivity contribution is 8.05.